The molecule has 1 aliphatic heterocycles. The number of carbonyl (C=O) groups is 1. The molecule has 0 saturated carbocycles. The molecule has 0 aliphatic carbocycles. The van der Waals surface area contributed by atoms with Crippen molar-refractivity contribution in [3.05, 3.63) is 35.5 Å². The molecule has 0 spiro atoms. The number of carbonyl (C=O) groups excluding carboxylic acids is 1. The summed E-state index contributed by atoms with van der Waals surface area (Å²) in [6.07, 6.45) is 3.24. The van der Waals surface area contributed by atoms with E-state index in [0.29, 0.717) is 29.3 Å². The van der Waals surface area contributed by atoms with Gasteiger partial charge in [0.2, 0.25) is 17.6 Å². The van der Waals surface area contributed by atoms with Gasteiger partial charge in [-0.05, 0) is 50.9 Å². The van der Waals surface area contributed by atoms with Crippen molar-refractivity contribution in [2.75, 3.05) is 13.1 Å². The highest BCUT2D eigenvalue weighted by Crippen LogP contribution is 2.20. The predicted molar refractivity (Wildman–Crippen MR) is 86.5 cm³/mol. The molecule has 6 nitrogen and oxygen atoms in total. The molecule has 2 aromatic rings. The number of aryl methyl sites for hydroxylation is 2. The molecule has 24 heavy (non-hydrogen) atoms. The summed E-state index contributed by atoms with van der Waals surface area (Å²) in [6.45, 7) is 3.37. The number of aromatic nitrogens is 2. The summed E-state index contributed by atoms with van der Waals surface area (Å²) in [6, 6.07) is 4.72. The molecule has 2 N–H and O–H groups in total. The van der Waals surface area contributed by atoms with Crippen LogP contribution in [-0.2, 0) is 11.2 Å². The summed E-state index contributed by atoms with van der Waals surface area (Å²) >= 11 is 0. The zero-order valence-electron chi connectivity index (χ0n) is 13.7. The molecular weight excluding hydrogens is 311 g/mol. The predicted octanol–water partition coefficient (Wildman–Crippen LogP) is 2.07. The molecule has 1 aliphatic rings. The maximum Gasteiger partial charge on any atom is 0.234 e. The monoisotopic (exact) mass is 332 g/mol. The maximum absolute atomic E-state index is 13.6. The Morgan fingerprint density at radius 2 is 2.33 bits per heavy atom. The first-order valence-electron chi connectivity index (χ1n) is 8.17. The number of rotatable bonds is 6. The molecule has 0 radical (unpaired) electrons. The summed E-state index contributed by atoms with van der Waals surface area (Å²) in [5, 5.41) is 3.91. The van der Waals surface area contributed by atoms with Gasteiger partial charge in [0.05, 0.1) is 6.04 Å². The third-order valence-electron chi connectivity index (χ3n) is 4.43. The maximum atomic E-state index is 13.6. The standard InChI is InChI=1S/C17H21FN4O2/c1-11-6-7-12(10-13(11)18)17-20-15(24-21-17)5-3-9-22-8-2-4-14(22)16(19)23/h6-7,10,14H,2-5,8-9H2,1H3,(H2,19,23). The molecule has 7 heteroatoms. The normalized spacial score (nSPS) is 18.2. The van der Waals surface area contributed by atoms with E-state index in [1.807, 2.05) is 0 Å². The van der Waals surface area contributed by atoms with E-state index in [4.69, 9.17) is 10.3 Å². The van der Waals surface area contributed by atoms with Crippen LogP contribution in [0.25, 0.3) is 11.4 Å². The first kappa shape index (κ1) is 16.6. The average molecular weight is 332 g/mol. The Kier molecular flexibility index (Phi) is 4.89. The van der Waals surface area contributed by atoms with E-state index >= 15 is 0 Å². The van der Waals surface area contributed by atoms with E-state index in [0.717, 1.165) is 32.4 Å². The van der Waals surface area contributed by atoms with Crippen LogP contribution in [0.2, 0.25) is 0 Å². The number of likely N-dealkylation sites (tertiary alicyclic amines) is 1. The highest BCUT2D eigenvalue weighted by molar-refractivity contribution is 5.80. The summed E-state index contributed by atoms with van der Waals surface area (Å²) in [4.78, 5) is 17.8. The number of nitrogens with zero attached hydrogens (tertiary/aromatic N) is 3. The Bertz CT molecular complexity index is 731. The van der Waals surface area contributed by atoms with Crippen LogP contribution in [0.4, 0.5) is 4.39 Å². The van der Waals surface area contributed by atoms with Gasteiger partial charge in [-0.25, -0.2) is 4.39 Å². The molecule has 1 aromatic heterocycles. The second-order valence-corrected chi connectivity index (χ2v) is 6.18. The number of hydrogen-bond donors (Lipinski definition) is 1. The first-order chi connectivity index (χ1) is 11.5. The van der Waals surface area contributed by atoms with Gasteiger partial charge < -0.3 is 10.3 Å². The van der Waals surface area contributed by atoms with E-state index in [1.54, 1.807) is 19.1 Å². The number of amides is 1. The molecule has 0 bridgehead atoms. The minimum atomic E-state index is -0.287. The minimum Gasteiger partial charge on any atom is -0.368 e. The lowest BCUT2D eigenvalue weighted by Gasteiger charge is -2.21. The van der Waals surface area contributed by atoms with Crippen molar-refractivity contribution in [2.45, 2.75) is 38.6 Å². The number of hydrogen-bond acceptors (Lipinski definition) is 5. The van der Waals surface area contributed by atoms with Crippen molar-refractivity contribution in [1.82, 2.24) is 15.0 Å². The fourth-order valence-corrected chi connectivity index (χ4v) is 3.05. The Balaban J connectivity index is 1.56. The molecule has 128 valence electrons. The van der Waals surface area contributed by atoms with E-state index in [1.165, 1.54) is 6.07 Å². The van der Waals surface area contributed by atoms with Gasteiger partial charge in [0.1, 0.15) is 5.82 Å². The zero-order chi connectivity index (χ0) is 17.1. The largest absolute Gasteiger partial charge is 0.368 e. The molecule has 1 saturated heterocycles. The van der Waals surface area contributed by atoms with Crippen LogP contribution in [0.5, 0.6) is 0 Å². The number of benzene rings is 1. The molecular formula is C17H21FN4O2. The van der Waals surface area contributed by atoms with Crippen molar-refractivity contribution in [1.29, 1.82) is 0 Å². The molecule has 1 aromatic carbocycles. The van der Waals surface area contributed by atoms with Crippen LogP contribution in [0.3, 0.4) is 0 Å². The molecule has 3 rings (SSSR count). The van der Waals surface area contributed by atoms with Crippen LogP contribution in [-0.4, -0.2) is 40.1 Å². The molecule has 1 unspecified atom stereocenters. The molecule has 1 fully saturated rings. The highest BCUT2D eigenvalue weighted by atomic mass is 19.1. The lowest BCUT2D eigenvalue weighted by atomic mass is 10.1. The fourth-order valence-electron chi connectivity index (χ4n) is 3.05. The minimum absolute atomic E-state index is 0.154. The van der Waals surface area contributed by atoms with Gasteiger partial charge >= 0.3 is 0 Å². The number of primary amides is 1. The Hall–Kier alpha value is -2.28. The van der Waals surface area contributed by atoms with Crippen molar-refractivity contribution >= 4 is 5.91 Å². The van der Waals surface area contributed by atoms with E-state index < -0.39 is 0 Å². The van der Waals surface area contributed by atoms with Gasteiger partial charge in [0, 0.05) is 12.0 Å². The Morgan fingerprint density at radius 1 is 1.50 bits per heavy atom. The van der Waals surface area contributed by atoms with Crippen molar-refractivity contribution in [3.8, 4) is 11.4 Å². The molecule has 2 heterocycles. The van der Waals surface area contributed by atoms with Gasteiger partial charge in [-0.3, -0.25) is 9.69 Å². The summed E-state index contributed by atoms with van der Waals surface area (Å²) in [5.74, 6) is 0.361. The van der Waals surface area contributed by atoms with Crippen LogP contribution < -0.4 is 5.73 Å². The van der Waals surface area contributed by atoms with Crippen LogP contribution >= 0.6 is 0 Å². The summed E-state index contributed by atoms with van der Waals surface area (Å²) < 4.78 is 18.9. The van der Waals surface area contributed by atoms with Gasteiger partial charge in [0.15, 0.2) is 0 Å². The molecule has 1 atom stereocenters. The second-order valence-electron chi connectivity index (χ2n) is 6.18. The third-order valence-corrected chi connectivity index (χ3v) is 4.43. The van der Waals surface area contributed by atoms with E-state index in [9.17, 15) is 9.18 Å². The zero-order valence-corrected chi connectivity index (χ0v) is 13.7. The van der Waals surface area contributed by atoms with Gasteiger partial charge in [-0.2, -0.15) is 4.98 Å². The lowest BCUT2D eigenvalue weighted by molar-refractivity contribution is -0.122. The first-order valence-corrected chi connectivity index (χ1v) is 8.17. The Labute approximate surface area is 139 Å². The van der Waals surface area contributed by atoms with Crippen LogP contribution in [0.15, 0.2) is 22.7 Å². The van der Waals surface area contributed by atoms with Gasteiger partial charge in [-0.1, -0.05) is 17.3 Å². The summed E-state index contributed by atoms with van der Waals surface area (Å²) in [5.41, 5.74) is 6.59. The topological polar surface area (TPSA) is 85.3 Å². The van der Waals surface area contributed by atoms with Crippen LogP contribution in [0.1, 0.15) is 30.7 Å². The number of nitrogens with two attached hydrogens (primary N) is 1. The smallest absolute Gasteiger partial charge is 0.234 e. The van der Waals surface area contributed by atoms with Crippen LogP contribution in [0, 0.1) is 12.7 Å². The summed E-state index contributed by atoms with van der Waals surface area (Å²) in [7, 11) is 0. The van der Waals surface area contributed by atoms with E-state index in [-0.39, 0.29) is 17.8 Å². The lowest BCUT2D eigenvalue weighted by Crippen LogP contribution is -2.40. The van der Waals surface area contributed by atoms with E-state index in [2.05, 4.69) is 15.0 Å². The van der Waals surface area contributed by atoms with Crippen molar-refractivity contribution in [2.24, 2.45) is 5.73 Å². The average Bonchev–Trinajstić information content (AvgIpc) is 3.19. The SMILES string of the molecule is Cc1ccc(-c2noc(CCCN3CCCC3C(N)=O)n2)cc1F. The molecule has 1 amide bonds. The fraction of sp³-hybridized carbons (Fsp3) is 0.471. The second kappa shape index (κ2) is 7.09. The van der Waals surface area contributed by atoms with Gasteiger partial charge in [0.25, 0.3) is 0 Å². The van der Waals surface area contributed by atoms with Crippen molar-refractivity contribution in [3.63, 3.8) is 0 Å². The van der Waals surface area contributed by atoms with Crippen molar-refractivity contribution < 1.29 is 13.7 Å². The number of halogens is 1. The Morgan fingerprint density at radius 3 is 3.08 bits per heavy atom. The third kappa shape index (κ3) is 3.62. The highest BCUT2D eigenvalue weighted by Gasteiger charge is 2.28. The quantitative estimate of drug-likeness (QED) is 0.875. The van der Waals surface area contributed by atoms with Gasteiger partial charge in [-0.15, -0.1) is 0 Å².